The summed E-state index contributed by atoms with van der Waals surface area (Å²) >= 11 is 3.42. The van der Waals surface area contributed by atoms with E-state index in [1.165, 1.54) is 0 Å². The number of hydrogen-bond acceptors (Lipinski definition) is 4. The number of carbonyl (C=O) groups is 1. The van der Waals surface area contributed by atoms with Gasteiger partial charge in [-0.2, -0.15) is 5.26 Å². The molecular formula is C19H13BrN4O. The normalized spacial score (nSPS) is 9.92. The highest BCUT2D eigenvalue weighted by molar-refractivity contribution is 9.10. The SMILES string of the molecule is N#Cc1ccc(NC(=O)c2ccnc(Nc3cccc(Br)c3)c2)cc1. The first-order chi connectivity index (χ1) is 12.1. The van der Waals surface area contributed by atoms with Crippen LogP contribution in [0.25, 0.3) is 0 Å². The molecule has 0 saturated heterocycles. The van der Waals surface area contributed by atoms with E-state index in [4.69, 9.17) is 5.26 Å². The van der Waals surface area contributed by atoms with Crippen molar-refractivity contribution in [3.05, 3.63) is 82.5 Å². The van der Waals surface area contributed by atoms with Crippen molar-refractivity contribution >= 4 is 39.0 Å². The average Bonchev–Trinajstić information content (AvgIpc) is 2.62. The molecule has 122 valence electrons. The van der Waals surface area contributed by atoms with Crippen LogP contribution in [-0.2, 0) is 0 Å². The number of pyridine rings is 1. The largest absolute Gasteiger partial charge is 0.340 e. The Bertz CT molecular complexity index is 948. The highest BCUT2D eigenvalue weighted by atomic mass is 79.9. The molecule has 0 atom stereocenters. The number of rotatable bonds is 4. The summed E-state index contributed by atoms with van der Waals surface area (Å²) in [6.07, 6.45) is 1.58. The molecule has 1 heterocycles. The Morgan fingerprint density at radius 2 is 1.84 bits per heavy atom. The number of benzene rings is 2. The van der Waals surface area contributed by atoms with E-state index in [1.54, 1.807) is 42.6 Å². The lowest BCUT2D eigenvalue weighted by Gasteiger charge is -2.09. The number of nitrogens with zero attached hydrogens (tertiary/aromatic N) is 2. The third kappa shape index (κ3) is 4.43. The van der Waals surface area contributed by atoms with Gasteiger partial charge in [0, 0.05) is 27.6 Å². The number of hydrogen-bond donors (Lipinski definition) is 2. The van der Waals surface area contributed by atoms with E-state index in [0.29, 0.717) is 22.6 Å². The van der Waals surface area contributed by atoms with Crippen molar-refractivity contribution in [3.8, 4) is 6.07 Å². The van der Waals surface area contributed by atoms with Crippen molar-refractivity contribution in [1.82, 2.24) is 4.98 Å². The number of carbonyl (C=O) groups excluding carboxylic acids is 1. The summed E-state index contributed by atoms with van der Waals surface area (Å²) in [7, 11) is 0. The molecule has 3 aromatic rings. The van der Waals surface area contributed by atoms with Crippen molar-refractivity contribution in [1.29, 1.82) is 5.26 Å². The van der Waals surface area contributed by atoms with Gasteiger partial charge in [-0.15, -0.1) is 0 Å². The molecule has 1 aromatic heterocycles. The van der Waals surface area contributed by atoms with Gasteiger partial charge in [-0.05, 0) is 54.6 Å². The number of nitrogens with one attached hydrogen (secondary N) is 2. The predicted octanol–water partition coefficient (Wildman–Crippen LogP) is 4.71. The molecule has 3 rings (SSSR count). The Kier molecular flexibility index (Phi) is 5.07. The topological polar surface area (TPSA) is 77.8 Å². The summed E-state index contributed by atoms with van der Waals surface area (Å²) in [5, 5.41) is 14.8. The Balaban J connectivity index is 1.73. The number of halogens is 1. The third-order valence-corrected chi connectivity index (χ3v) is 3.88. The average molecular weight is 393 g/mol. The maximum Gasteiger partial charge on any atom is 0.255 e. The first kappa shape index (κ1) is 16.7. The molecule has 0 saturated carbocycles. The Morgan fingerprint density at radius 1 is 1.04 bits per heavy atom. The Labute approximate surface area is 153 Å². The van der Waals surface area contributed by atoms with Gasteiger partial charge in [-0.3, -0.25) is 4.79 Å². The minimum absolute atomic E-state index is 0.246. The zero-order valence-corrected chi connectivity index (χ0v) is 14.6. The Morgan fingerprint density at radius 3 is 2.56 bits per heavy atom. The molecule has 6 heteroatoms. The molecule has 0 aliphatic carbocycles. The zero-order chi connectivity index (χ0) is 17.6. The number of amides is 1. The van der Waals surface area contributed by atoms with E-state index in [9.17, 15) is 4.79 Å². The first-order valence-electron chi connectivity index (χ1n) is 7.44. The van der Waals surface area contributed by atoms with Gasteiger partial charge in [-0.1, -0.05) is 22.0 Å². The lowest BCUT2D eigenvalue weighted by atomic mass is 10.2. The second kappa shape index (κ2) is 7.60. The molecule has 0 aliphatic rings. The molecule has 0 bridgehead atoms. The fourth-order valence-electron chi connectivity index (χ4n) is 2.19. The summed E-state index contributed by atoms with van der Waals surface area (Å²) in [6.45, 7) is 0. The van der Waals surface area contributed by atoms with Crippen molar-refractivity contribution < 1.29 is 4.79 Å². The summed E-state index contributed by atoms with van der Waals surface area (Å²) in [5.41, 5.74) is 2.52. The van der Waals surface area contributed by atoms with Crippen LogP contribution >= 0.6 is 15.9 Å². The summed E-state index contributed by atoms with van der Waals surface area (Å²) < 4.78 is 0.951. The van der Waals surface area contributed by atoms with Crippen LogP contribution in [0.2, 0.25) is 0 Å². The van der Waals surface area contributed by atoms with Crippen molar-refractivity contribution in [2.75, 3.05) is 10.6 Å². The fourth-order valence-corrected chi connectivity index (χ4v) is 2.58. The van der Waals surface area contributed by atoms with Crippen molar-refractivity contribution in [2.24, 2.45) is 0 Å². The maximum atomic E-state index is 12.4. The van der Waals surface area contributed by atoms with Gasteiger partial charge in [0.2, 0.25) is 0 Å². The Hall–Kier alpha value is -3.17. The van der Waals surface area contributed by atoms with Crippen LogP contribution in [0.15, 0.2) is 71.3 Å². The smallest absolute Gasteiger partial charge is 0.255 e. The highest BCUT2D eigenvalue weighted by Gasteiger charge is 2.08. The molecule has 1 amide bonds. The summed E-state index contributed by atoms with van der Waals surface area (Å²) in [5.74, 6) is 0.329. The fraction of sp³-hybridized carbons (Fsp3) is 0. The standard InChI is InChI=1S/C19H13BrN4O/c20-15-2-1-3-17(11-15)23-18-10-14(8-9-22-18)19(25)24-16-6-4-13(12-21)5-7-16/h1-11H,(H,22,23)(H,24,25). The van der Waals surface area contributed by atoms with Gasteiger partial charge in [0.1, 0.15) is 5.82 Å². The molecule has 25 heavy (non-hydrogen) atoms. The molecule has 0 fully saturated rings. The lowest BCUT2D eigenvalue weighted by molar-refractivity contribution is 0.102. The molecule has 2 aromatic carbocycles. The van der Waals surface area contributed by atoms with E-state index in [2.05, 4.69) is 31.5 Å². The zero-order valence-electron chi connectivity index (χ0n) is 13.0. The van der Waals surface area contributed by atoms with E-state index in [1.807, 2.05) is 30.3 Å². The van der Waals surface area contributed by atoms with Crippen LogP contribution in [-0.4, -0.2) is 10.9 Å². The van der Waals surface area contributed by atoms with Crippen LogP contribution < -0.4 is 10.6 Å². The van der Waals surface area contributed by atoms with Crippen LogP contribution in [0.5, 0.6) is 0 Å². The molecule has 5 nitrogen and oxygen atoms in total. The minimum Gasteiger partial charge on any atom is -0.340 e. The van der Waals surface area contributed by atoms with E-state index >= 15 is 0 Å². The second-order valence-corrected chi connectivity index (χ2v) is 6.12. The quantitative estimate of drug-likeness (QED) is 0.673. The molecule has 0 aliphatic heterocycles. The van der Waals surface area contributed by atoms with Crippen molar-refractivity contribution in [2.45, 2.75) is 0 Å². The van der Waals surface area contributed by atoms with Crippen LogP contribution in [0, 0.1) is 11.3 Å². The van der Waals surface area contributed by atoms with E-state index in [-0.39, 0.29) is 5.91 Å². The van der Waals surface area contributed by atoms with Crippen LogP contribution in [0.4, 0.5) is 17.2 Å². The van der Waals surface area contributed by atoms with Crippen LogP contribution in [0.3, 0.4) is 0 Å². The third-order valence-electron chi connectivity index (χ3n) is 3.39. The first-order valence-corrected chi connectivity index (χ1v) is 8.23. The van der Waals surface area contributed by atoms with Crippen LogP contribution in [0.1, 0.15) is 15.9 Å². The van der Waals surface area contributed by atoms with Gasteiger partial charge in [0.15, 0.2) is 0 Å². The monoisotopic (exact) mass is 392 g/mol. The summed E-state index contributed by atoms with van der Waals surface area (Å²) in [4.78, 5) is 16.6. The van der Waals surface area contributed by atoms with E-state index in [0.717, 1.165) is 10.2 Å². The summed E-state index contributed by atoms with van der Waals surface area (Å²) in [6, 6.07) is 19.7. The maximum absolute atomic E-state index is 12.4. The molecular weight excluding hydrogens is 380 g/mol. The number of anilines is 3. The second-order valence-electron chi connectivity index (χ2n) is 5.21. The van der Waals surface area contributed by atoms with Gasteiger partial charge in [0.05, 0.1) is 11.6 Å². The van der Waals surface area contributed by atoms with Gasteiger partial charge in [0.25, 0.3) is 5.91 Å². The predicted molar refractivity (Wildman–Crippen MR) is 101 cm³/mol. The van der Waals surface area contributed by atoms with Crippen molar-refractivity contribution in [3.63, 3.8) is 0 Å². The lowest BCUT2D eigenvalue weighted by Crippen LogP contribution is -2.12. The van der Waals surface area contributed by atoms with Gasteiger partial charge >= 0.3 is 0 Å². The molecule has 0 radical (unpaired) electrons. The molecule has 0 unspecified atom stereocenters. The number of aromatic nitrogens is 1. The molecule has 0 spiro atoms. The minimum atomic E-state index is -0.246. The van der Waals surface area contributed by atoms with E-state index < -0.39 is 0 Å². The van der Waals surface area contributed by atoms with Gasteiger partial charge < -0.3 is 10.6 Å². The number of nitriles is 1. The van der Waals surface area contributed by atoms with Gasteiger partial charge in [-0.25, -0.2) is 4.98 Å². The highest BCUT2D eigenvalue weighted by Crippen LogP contribution is 2.20. The molecule has 2 N–H and O–H groups in total.